The maximum atomic E-state index is 12.4. The molecule has 1 aliphatic rings. The highest BCUT2D eigenvalue weighted by Gasteiger charge is 2.25. The fraction of sp³-hybridized carbons (Fsp3) is 0.364. The van der Waals surface area contributed by atoms with Gasteiger partial charge in [0.05, 0.1) is 13.2 Å². The molecule has 2 amide bonds. The quantitative estimate of drug-likeness (QED) is 0.728. The largest absolute Gasteiger partial charge is 0.497 e. The van der Waals surface area contributed by atoms with Gasteiger partial charge in [0.15, 0.2) is 0 Å². The number of nitrogens with zero attached hydrogens (tertiary/aromatic N) is 2. The molecule has 1 saturated heterocycles. The van der Waals surface area contributed by atoms with Crippen LogP contribution in [0.5, 0.6) is 5.75 Å². The highest BCUT2D eigenvalue weighted by atomic mass is 16.5. The molecule has 2 N–H and O–H groups in total. The minimum atomic E-state index is -0.680. The Balaban J connectivity index is 1.60. The molecule has 1 fully saturated rings. The van der Waals surface area contributed by atoms with E-state index in [9.17, 15) is 9.59 Å². The summed E-state index contributed by atoms with van der Waals surface area (Å²) in [7, 11) is 3.69. The van der Waals surface area contributed by atoms with Gasteiger partial charge in [-0.1, -0.05) is 30.3 Å². The normalized spacial score (nSPS) is 16.1. The molecule has 7 heteroatoms. The van der Waals surface area contributed by atoms with E-state index in [1.165, 1.54) is 0 Å². The molecule has 0 unspecified atom stereocenters. The molecule has 0 aromatic heterocycles. The zero-order chi connectivity index (χ0) is 20.6. The molecular weight excluding hydrogens is 368 g/mol. The summed E-state index contributed by atoms with van der Waals surface area (Å²) >= 11 is 0. The Bertz CT molecular complexity index is 803. The highest BCUT2D eigenvalue weighted by Crippen LogP contribution is 2.21. The van der Waals surface area contributed by atoms with Gasteiger partial charge < -0.3 is 20.3 Å². The van der Waals surface area contributed by atoms with Crippen molar-refractivity contribution in [3.05, 3.63) is 60.2 Å². The number of ether oxygens (including phenoxy) is 1. The topological polar surface area (TPSA) is 73.9 Å². The standard InChI is InChI=1S/C22H28N4O3/c1-25-12-14-26(15-13-25)20(17-6-4-3-5-7-17)16-23-21(27)22(28)24-18-8-10-19(29-2)11-9-18/h3-11,20H,12-16H2,1-2H3,(H,23,27)(H,24,28)/t20-/m1/s1. The maximum absolute atomic E-state index is 12.4. The molecular formula is C22H28N4O3. The lowest BCUT2D eigenvalue weighted by Crippen LogP contribution is -2.49. The van der Waals surface area contributed by atoms with Gasteiger partial charge in [-0.3, -0.25) is 14.5 Å². The Morgan fingerprint density at radius 3 is 2.24 bits per heavy atom. The summed E-state index contributed by atoms with van der Waals surface area (Å²) in [6.07, 6.45) is 0. The van der Waals surface area contributed by atoms with E-state index in [-0.39, 0.29) is 6.04 Å². The van der Waals surface area contributed by atoms with Crippen molar-refractivity contribution in [2.45, 2.75) is 6.04 Å². The highest BCUT2D eigenvalue weighted by molar-refractivity contribution is 6.39. The number of methoxy groups -OCH3 is 1. The number of hydrogen-bond acceptors (Lipinski definition) is 5. The van der Waals surface area contributed by atoms with Crippen molar-refractivity contribution in [1.82, 2.24) is 15.1 Å². The summed E-state index contributed by atoms with van der Waals surface area (Å²) in [6, 6.07) is 17.0. The van der Waals surface area contributed by atoms with Gasteiger partial charge in [0.1, 0.15) is 5.75 Å². The van der Waals surface area contributed by atoms with Gasteiger partial charge in [0.25, 0.3) is 0 Å². The van der Waals surface area contributed by atoms with Crippen LogP contribution in [0.15, 0.2) is 54.6 Å². The number of nitrogens with one attached hydrogen (secondary N) is 2. The molecule has 2 aromatic rings. The van der Waals surface area contributed by atoms with Gasteiger partial charge >= 0.3 is 11.8 Å². The van der Waals surface area contributed by atoms with E-state index in [2.05, 4.69) is 39.6 Å². The average Bonchev–Trinajstić information content (AvgIpc) is 2.76. The van der Waals surface area contributed by atoms with E-state index in [0.717, 1.165) is 31.7 Å². The molecule has 3 rings (SSSR count). The summed E-state index contributed by atoms with van der Waals surface area (Å²) in [6.45, 7) is 4.18. The smallest absolute Gasteiger partial charge is 0.313 e. The van der Waals surface area contributed by atoms with Crippen molar-refractivity contribution in [3.8, 4) is 5.75 Å². The molecule has 1 aliphatic heterocycles. The van der Waals surface area contributed by atoms with Crippen LogP contribution in [0.25, 0.3) is 0 Å². The minimum absolute atomic E-state index is 0.0302. The Hall–Kier alpha value is -2.90. The number of amides is 2. The van der Waals surface area contributed by atoms with Crippen molar-refractivity contribution >= 4 is 17.5 Å². The van der Waals surface area contributed by atoms with Gasteiger partial charge in [0.2, 0.25) is 0 Å². The molecule has 154 valence electrons. The van der Waals surface area contributed by atoms with E-state index < -0.39 is 11.8 Å². The minimum Gasteiger partial charge on any atom is -0.497 e. The van der Waals surface area contributed by atoms with Crippen LogP contribution >= 0.6 is 0 Å². The molecule has 0 spiro atoms. The molecule has 0 saturated carbocycles. The summed E-state index contributed by atoms with van der Waals surface area (Å²) < 4.78 is 5.09. The first kappa shape index (κ1) is 20.8. The molecule has 1 heterocycles. The fourth-order valence-corrected chi connectivity index (χ4v) is 3.40. The summed E-state index contributed by atoms with van der Waals surface area (Å²) in [5.74, 6) is -0.637. The second kappa shape index (κ2) is 10.0. The monoisotopic (exact) mass is 396 g/mol. The van der Waals surface area contributed by atoms with Crippen molar-refractivity contribution in [3.63, 3.8) is 0 Å². The van der Waals surface area contributed by atoms with Gasteiger partial charge in [0, 0.05) is 38.4 Å². The first-order chi connectivity index (χ1) is 14.1. The number of benzene rings is 2. The van der Waals surface area contributed by atoms with Gasteiger partial charge in [-0.2, -0.15) is 0 Å². The van der Waals surface area contributed by atoms with Crippen LogP contribution < -0.4 is 15.4 Å². The maximum Gasteiger partial charge on any atom is 0.313 e. The summed E-state index contributed by atoms with van der Waals surface area (Å²) in [4.78, 5) is 29.3. The number of likely N-dealkylation sites (N-methyl/N-ethyl adjacent to an activating group) is 1. The molecule has 0 bridgehead atoms. The Morgan fingerprint density at radius 2 is 1.62 bits per heavy atom. The zero-order valence-electron chi connectivity index (χ0n) is 16.9. The van der Waals surface area contributed by atoms with Gasteiger partial charge in [-0.15, -0.1) is 0 Å². The van der Waals surface area contributed by atoms with E-state index >= 15 is 0 Å². The molecule has 0 radical (unpaired) electrons. The lowest BCUT2D eigenvalue weighted by atomic mass is 10.0. The van der Waals surface area contributed by atoms with Crippen molar-refractivity contribution in [1.29, 1.82) is 0 Å². The number of anilines is 1. The zero-order valence-corrected chi connectivity index (χ0v) is 16.9. The molecule has 0 aliphatic carbocycles. The third kappa shape index (κ3) is 5.79. The van der Waals surface area contributed by atoms with Crippen LogP contribution in [0, 0.1) is 0 Å². The second-order valence-electron chi connectivity index (χ2n) is 7.16. The number of piperazine rings is 1. The fourth-order valence-electron chi connectivity index (χ4n) is 3.40. The average molecular weight is 396 g/mol. The van der Waals surface area contributed by atoms with E-state index in [4.69, 9.17) is 4.74 Å². The predicted octanol–water partition coefficient (Wildman–Crippen LogP) is 1.74. The lowest BCUT2D eigenvalue weighted by Gasteiger charge is -2.38. The van der Waals surface area contributed by atoms with Crippen molar-refractivity contribution < 1.29 is 14.3 Å². The summed E-state index contributed by atoms with van der Waals surface area (Å²) in [5.41, 5.74) is 1.68. The van der Waals surface area contributed by atoms with Gasteiger partial charge in [-0.05, 0) is 36.9 Å². The summed E-state index contributed by atoms with van der Waals surface area (Å²) in [5, 5.41) is 5.42. The first-order valence-electron chi connectivity index (χ1n) is 9.77. The number of rotatable bonds is 6. The molecule has 1 atom stereocenters. The Morgan fingerprint density at radius 1 is 0.966 bits per heavy atom. The second-order valence-corrected chi connectivity index (χ2v) is 7.16. The number of carbonyl (C=O) groups excluding carboxylic acids is 2. The third-order valence-corrected chi connectivity index (χ3v) is 5.17. The van der Waals surface area contributed by atoms with Crippen LogP contribution in [-0.4, -0.2) is 68.5 Å². The predicted molar refractivity (Wildman–Crippen MR) is 113 cm³/mol. The Kier molecular flexibility index (Phi) is 7.21. The Labute approximate surface area is 171 Å². The lowest BCUT2D eigenvalue weighted by molar-refractivity contribution is -0.136. The molecule has 2 aromatic carbocycles. The van der Waals surface area contributed by atoms with Crippen LogP contribution in [-0.2, 0) is 9.59 Å². The van der Waals surface area contributed by atoms with E-state index in [1.54, 1.807) is 31.4 Å². The third-order valence-electron chi connectivity index (χ3n) is 5.17. The van der Waals surface area contributed by atoms with Crippen LogP contribution in [0.1, 0.15) is 11.6 Å². The molecule has 29 heavy (non-hydrogen) atoms. The number of hydrogen-bond donors (Lipinski definition) is 2. The van der Waals surface area contributed by atoms with Crippen molar-refractivity contribution in [2.75, 3.05) is 52.2 Å². The van der Waals surface area contributed by atoms with Crippen LogP contribution in [0.4, 0.5) is 5.69 Å². The van der Waals surface area contributed by atoms with Crippen LogP contribution in [0.2, 0.25) is 0 Å². The SMILES string of the molecule is COc1ccc(NC(=O)C(=O)NC[C@H](c2ccccc2)N2CCN(C)CC2)cc1. The molecule has 7 nitrogen and oxygen atoms in total. The first-order valence-corrected chi connectivity index (χ1v) is 9.77. The van der Waals surface area contributed by atoms with Crippen LogP contribution in [0.3, 0.4) is 0 Å². The van der Waals surface area contributed by atoms with Crippen molar-refractivity contribution in [2.24, 2.45) is 0 Å². The van der Waals surface area contributed by atoms with E-state index in [0.29, 0.717) is 18.0 Å². The number of carbonyl (C=O) groups is 2. The van der Waals surface area contributed by atoms with E-state index in [1.807, 2.05) is 18.2 Å². The van der Waals surface area contributed by atoms with Gasteiger partial charge in [-0.25, -0.2) is 0 Å².